The minimum absolute atomic E-state index is 0.0212. The molecule has 2 aromatic rings. The van der Waals surface area contributed by atoms with E-state index in [2.05, 4.69) is 0 Å². The van der Waals surface area contributed by atoms with Crippen LogP contribution in [0.3, 0.4) is 0 Å². The lowest BCUT2D eigenvalue weighted by Gasteiger charge is -2.11. The van der Waals surface area contributed by atoms with Gasteiger partial charge in [0.2, 0.25) is 0 Å². The molecule has 2 nitrogen and oxygen atoms in total. The van der Waals surface area contributed by atoms with Crippen molar-refractivity contribution in [3.8, 4) is 5.75 Å². The normalized spacial score (nSPS) is 11.5. The summed E-state index contributed by atoms with van der Waals surface area (Å²) in [5, 5.41) is 0.670. The van der Waals surface area contributed by atoms with Crippen molar-refractivity contribution >= 4 is 10.9 Å². The third-order valence-electron chi connectivity index (χ3n) is 3.23. The maximum Gasteiger partial charge on any atom is 0.174 e. The van der Waals surface area contributed by atoms with Gasteiger partial charge >= 0.3 is 0 Å². The van der Waals surface area contributed by atoms with Crippen molar-refractivity contribution in [1.29, 1.82) is 0 Å². The van der Waals surface area contributed by atoms with Crippen molar-refractivity contribution in [2.45, 2.75) is 33.8 Å². The largest absolute Gasteiger partial charge is 0.488 e. The smallest absolute Gasteiger partial charge is 0.174 e. The van der Waals surface area contributed by atoms with Crippen LogP contribution in [-0.2, 0) is 7.05 Å². The first-order valence-electron chi connectivity index (χ1n) is 5.84. The summed E-state index contributed by atoms with van der Waals surface area (Å²) < 4.78 is 21.8. The lowest BCUT2D eigenvalue weighted by Crippen LogP contribution is -2.07. The SMILES string of the molecule is Cc1c(C)n(C)c2ccc(OC(C)C)c(F)c12. The van der Waals surface area contributed by atoms with Gasteiger partial charge in [0.05, 0.1) is 11.6 Å². The van der Waals surface area contributed by atoms with E-state index in [9.17, 15) is 4.39 Å². The summed E-state index contributed by atoms with van der Waals surface area (Å²) in [6.45, 7) is 7.73. The Kier molecular flexibility index (Phi) is 2.86. The van der Waals surface area contributed by atoms with Gasteiger partial charge in [-0.3, -0.25) is 0 Å². The summed E-state index contributed by atoms with van der Waals surface area (Å²) in [7, 11) is 1.95. The fraction of sp³-hybridized carbons (Fsp3) is 0.429. The summed E-state index contributed by atoms with van der Waals surface area (Å²) in [5.74, 6) is 0.0820. The van der Waals surface area contributed by atoms with Gasteiger partial charge in [0.15, 0.2) is 11.6 Å². The fourth-order valence-corrected chi connectivity index (χ4v) is 2.14. The molecule has 0 radical (unpaired) electrons. The van der Waals surface area contributed by atoms with Crippen LogP contribution in [0.4, 0.5) is 4.39 Å². The molecule has 0 saturated heterocycles. The number of ether oxygens (including phenoxy) is 1. The molecule has 0 unspecified atom stereocenters. The molecule has 0 saturated carbocycles. The number of fused-ring (bicyclic) bond motifs is 1. The van der Waals surface area contributed by atoms with Gasteiger partial charge in [0, 0.05) is 18.1 Å². The maximum absolute atomic E-state index is 14.3. The van der Waals surface area contributed by atoms with Gasteiger partial charge < -0.3 is 9.30 Å². The van der Waals surface area contributed by atoms with E-state index in [-0.39, 0.29) is 11.9 Å². The van der Waals surface area contributed by atoms with Gasteiger partial charge in [0.1, 0.15) is 0 Å². The van der Waals surface area contributed by atoms with E-state index in [1.54, 1.807) is 6.07 Å². The summed E-state index contributed by atoms with van der Waals surface area (Å²) in [5.41, 5.74) is 2.98. The molecule has 0 atom stereocenters. The van der Waals surface area contributed by atoms with Gasteiger partial charge in [-0.05, 0) is 45.4 Å². The molecule has 0 N–H and O–H groups in total. The first-order chi connectivity index (χ1) is 7.93. The molecule has 2 rings (SSSR count). The van der Waals surface area contributed by atoms with E-state index in [1.165, 1.54) is 0 Å². The average Bonchev–Trinajstić information content (AvgIpc) is 2.48. The first-order valence-corrected chi connectivity index (χ1v) is 5.84. The minimum atomic E-state index is -0.252. The molecule has 1 aromatic heterocycles. The maximum atomic E-state index is 14.3. The monoisotopic (exact) mass is 235 g/mol. The van der Waals surface area contributed by atoms with Gasteiger partial charge in [-0.15, -0.1) is 0 Å². The molecule has 17 heavy (non-hydrogen) atoms. The zero-order valence-electron chi connectivity index (χ0n) is 11.0. The molecular formula is C14H18FNO. The Morgan fingerprint density at radius 3 is 2.47 bits per heavy atom. The van der Waals surface area contributed by atoms with Crippen LogP contribution in [0.5, 0.6) is 5.75 Å². The number of benzene rings is 1. The average molecular weight is 235 g/mol. The van der Waals surface area contributed by atoms with E-state index < -0.39 is 0 Å². The molecule has 1 heterocycles. The van der Waals surface area contributed by atoms with E-state index >= 15 is 0 Å². The third-order valence-corrected chi connectivity index (χ3v) is 3.23. The Morgan fingerprint density at radius 1 is 1.24 bits per heavy atom. The van der Waals surface area contributed by atoms with E-state index in [4.69, 9.17) is 4.74 Å². The van der Waals surface area contributed by atoms with Crippen LogP contribution in [0.1, 0.15) is 25.1 Å². The van der Waals surface area contributed by atoms with Crippen molar-refractivity contribution in [3.05, 3.63) is 29.2 Å². The van der Waals surface area contributed by atoms with Crippen LogP contribution >= 0.6 is 0 Å². The summed E-state index contributed by atoms with van der Waals surface area (Å²) in [6, 6.07) is 3.62. The molecule has 0 fully saturated rings. The molecule has 0 spiro atoms. The van der Waals surface area contributed by atoms with Crippen LogP contribution in [-0.4, -0.2) is 10.7 Å². The number of aryl methyl sites for hydroxylation is 2. The molecule has 0 aliphatic carbocycles. The molecule has 1 aromatic carbocycles. The fourth-order valence-electron chi connectivity index (χ4n) is 2.14. The van der Waals surface area contributed by atoms with Gasteiger partial charge in [0.25, 0.3) is 0 Å². The van der Waals surface area contributed by atoms with Gasteiger partial charge in [-0.25, -0.2) is 4.39 Å². The van der Waals surface area contributed by atoms with Crippen LogP contribution in [0.15, 0.2) is 12.1 Å². The van der Waals surface area contributed by atoms with E-state index in [1.807, 2.05) is 45.4 Å². The highest BCUT2D eigenvalue weighted by Crippen LogP contribution is 2.32. The van der Waals surface area contributed by atoms with Gasteiger partial charge in [-0.2, -0.15) is 0 Å². The van der Waals surface area contributed by atoms with E-state index in [0.29, 0.717) is 11.1 Å². The Hall–Kier alpha value is -1.51. The van der Waals surface area contributed by atoms with Crippen LogP contribution < -0.4 is 4.74 Å². The summed E-state index contributed by atoms with van der Waals surface area (Å²) in [6.07, 6.45) is -0.0212. The second kappa shape index (κ2) is 4.06. The molecule has 0 aliphatic rings. The predicted octanol–water partition coefficient (Wildman–Crippen LogP) is 3.72. The second-order valence-electron chi connectivity index (χ2n) is 4.71. The first kappa shape index (κ1) is 12.0. The molecule has 0 amide bonds. The Labute approximate surface area is 101 Å². The van der Waals surface area contributed by atoms with Crippen molar-refractivity contribution in [3.63, 3.8) is 0 Å². The van der Waals surface area contributed by atoms with Crippen LogP contribution in [0.25, 0.3) is 10.9 Å². The predicted molar refractivity (Wildman–Crippen MR) is 68.1 cm³/mol. The molecular weight excluding hydrogens is 217 g/mol. The quantitative estimate of drug-likeness (QED) is 0.773. The summed E-state index contributed by atoms with van der Waals surface area (Å²) in [4.78, 5) is 0. The standard InChI is InChI=1S/C14H18FNO/c1-8(2)17-12-7-6-11-13(14(12)15)9(3)10(4)16(11)5/h6-8H,1-5H3. The topological polar surface area (TPSA) is 14.2 Å². The number of hydrogen-bond acceptors (Lipinski definition) is 1. The van der Waals surface area contributed by atoms with Crippen LogP contribution in [0.2, 0.25) is 0 Å². The number of hydrogen-bond donors (Lipinski definition) is 0. The Balaban J connectivity index is 2.71. The second-order valence-corrected chi connectivity index (χ2v) is 4.71. The molecule has 0 bridgehead atoms. The lowest BCUT2D eigenvalue weighted by atomic mass is 10.1. The zero-order chi connectivity index (χ0) is 12.7. The number of aromatic nitrogens is 1. The Bertz CT molecular complexity index is 569. The highest BCUT2D eigenvalue weighted by atomic mass is 19.1. The zero-order valence-corrected chi connectivity index (χ0v) is 11.0. The third kappa shape index (κ3) is 1.79. The summed E-state index contributed by atoms with van der Waals surface area (Å²) >= 11 is 0. The molecule has 0 aliphatic heterocycles. The van der Waals surface area contributed by atoms with Crippen molar-refractivity contribution < 1.29 is 9.13 Å². The number of nitrogens with zero attached hydrogens (tertiary/aromatic N) is 1. The molecule has 3 heteroatoms. The van der Waals surface area contributed by atoms with Crippen molar-refractivity contribution in [2.24, 2.45) is 7.05 Å². The van der Waals surface area contributed by atoms with E-state index in [0.717, 1.165) is 16.8 Å². The number of halogens is 1. The number of rotatable bonds is 2. The van der Waals surface area contributed by atoms with Crippen LogP contribution in [0, 0.1) is 19.7 Å². The minimum Gasteiger partial charge on any atom is -0.488 e. The van der Waals surface area contributed by atoms with Gasteiger partial charge in [-0.1, -0.05) is 0 Å². The van der Waals surface area contributed by atoms with Crippen molar-refractivity contribution in [1.82, 2.24) is 4.57 Å². The molecule has 92 valence electrons. The van der Waals surface area contributed by atoms with Crippen molar-refractivity contribution in [2.75, 3.05) is 0 Å². The highest BCUT2D eigenvalue weighted by molar-refractivity contribution is 5.87. The Morgan fingerprint density at radius 2 is 1.88 bits per heavy atom. The highest BCUT2D eigenvalue weighted by Gasteiger charge is 2.16. The lowest BCUT2D eigenvalue weighted by molar-refractivity contribution is 0.232.